The number of carbonyl (C=O) groups excluding carboxylic acids is 2. The fourth-order valence-electron chi connectivity index (χ4n) is 2.77. The Bertz CT molecular complexity index is 989. The summed E-state index contributed by atoms with van der Waals surface area (Å²) in [7, 11) is -2.18. The predicted molar refractivity (Wildman–Crippen MR) is 110 cm³/mol. The molecule has 7 nitrogen and oxygen atoms in total. The topological polar surface area (TPSA) is 84.0 Å². The number of benzene rings is 2. The zero-order valence-corrected chi connectivity index (χ0v) is 18.0. The van der Waals surface area contributed by atoms with Crippen LogP contribution in [0, 0.1) is 5.82 Å². The van der Waals surface area contributed by atoms with E-state index in [-0.39, 0.29) is 22.8 Å². The van der Waals surface area contributed by atoms with E-state index in [9.17, 15) is 22.4 Å². The summed E-state index contributed by atoms with van der Waals surface area (Å²) in [5.41, 5.74) is 0.769. The fourth-order valence-corrected chi connectivity index (χ4v) is 4.27. The number of esters is 1. The average Bonchev–Trinajstić information content (AvgIpc) is 2.74. The first kappa shape index (κ1) is 23.5. The van der Waals surface area contributed by atoms with Crippen molar-refractivity contribution in [1.82, 2.24) is 9.21 Å². The molecule has 0 saturated heterocycles. The SMILES string of the molecule is CCN(CC)S(=O)(=O)c1cccc(C(=O)OCC(=O)N(C)Cc2ccc(F)cc2)c1. The van der Waals surface area contributed by atoms with E-state index in [0.29, 0.717) is 13.1 Å². The lowest BCUT2D eigenvalue weighted by atomic mass is 10.2. The van der Waals surface area contributed by atoms with Crippen LogP contribution in [-0.2, 0) is 26.1 Å². The van der Waals surface area contributed by atoms with Crippen molar-refractivity contribution in [2.24, 2.45) is 0 Å². The van der Waals surface area contributed by atoms with Gasteiger partial charge in [-0.15, -0.1) is 0 Å². The Hall–Kier alpha value is -2.78. The maximum absolute atomic E-state index is 13.0. The number of carbonyl (C=O) groups is 2. The third kappa shape index (κ3) is 5.87. The second kappa shape index (κ2) is 10.3. The molecular formula is C21H25FN2O5S. The molecule has 0 heterocycles. The van der Waals surface area contributed by atoms with E-state index < -0.39 is 28.5 Å². The number of nitrogens with zero attached hydrogens (tertiary/aromatic N) is 2. The molecule has 1 amide bonds. The van der Waals surface area contributed by atoms with E-state index in [1.165, 1.54) is 52.7 Å². The van der Waals surface area contributed by atoms with Gasteiger partial charge in [-0.2, -0.15) is 4.31 Å². The molecule has 0 unspecified atom stereocenters. The van der Waals surface area contributed by atoms with Gasteiger partial charge < -0.3 is 9.64 Å². The van der Waals surface area contributed by atoms with Crippen LogP contribution in [0.2, 0.25) is 0 Å². The van der Waals surface area contributed by atoms with Crippen LogP contribution in [0.15, 0.2) is 53.4 Å². The summed E-state index contributed by atoms with van der Waals surface area (Å²) in [6.45, 7) is 3.81. The van der Waals surface area contributed by atoms with Gasteiger partial charge in [0.15, 0.2) is 6.61 Å². The van der Waals surface area contributed by atoms with Gasteiger partial charge in [-0.1, -0.05) is 32.0 Å². The number of ether oxygens (including phenoxy) is 1. The lowest BCUT2D eigenvalue weighted by molar-refractivity contribution is -0.133. The molecule has 2 aromatic rings. The van der Waals surface area contributed by atoms with Gasteiger partial charge in [-0.05, 0) is 35.9 Å². The molecule has 0 radical (unpaired) electrons. The van der Waals surface area contributed by atoms with Crippen LogP contribution in [0.5, 0.6) is 0 Å². The Balaban J connectivity index is 2.00. The average molecular weight is 437 g/mol. The van der Waals surface area contributed by atoms with Gasteiger partial charge >= 0.3 is 5.97 Å². The summed E-state index contributed by atoms with van der Waals surface area (Å²) >= 11 is 0. The predicted octanol–water partition coefficient (Wildman–Crippen LogP) is 2.67. The third-order valence-electron chi connectivity index (χ3n) is 4.50. The molecule has 0 aliphatic carbocycles. The van der Waals surface area contributed by atoms with Gasteiger partial charge in [-0.3, -0.25) is 4.79 Å². The monoisotopic (exact) mass is 436 g/mol. The molecule has 2 rings (SSSR count). The second-order valence-electron chi connectivity index (χ2n) is 6.57. The van der Waals surface area contributed by atoms with E-state index >= 15 is 0 Å². The van der Waals surface area contributed by atoms with Gasteiger partial charge in [0.25, 0.3) is 5.91 Å². The van der Waals surface area contributed by atoms with Gasteiger partial charge in [-0.25, -0.2) is 17.6 Å². The van der Waals surface area contributed by atoms with Crippen molar-refractivity contribution in [1.29, 1.82) is 0 Å². The summed E-state index contributed by atoms with van der Waals surface area (Å²) in [4.78, 5) is 25.9. The van der Waals surface area contributed by atoms with E-state index in [4.69, 9.17) is 4.74 Å². The van der Waals surface area contributed by atoms with Crippen LogP contribution >= 0.6 is 0 Å². The first-order valence-corrected chi connectivity index (χ1v) is 10.9. The standard InChI is InChI=1S/C21H25FN2O5S/c1-4-24(5-2)30(27,28)19-8-6-7-17(13-19)21(26)29-15-20(25)23(3)14-16-9-11-18(22)12-10-16/h6-13H,4-5,14-15H2,1-3H3. The highest BCUT2D eigenvalue weighted by Gasteiger charge is 2.23. The smallest absolute Gasteiger partial charge is 0.338 e. The molecule has 0 spiro atoms. The first-order valence-electron chi connectivity index (χ1n) is 9.44. The molecule has 0 N–H and O–H groups in total. The van der Waals surface area contributed by atoms with Crippen molar-refractivity contribution < 1.29 is 27.1 Å². The normalized spacial score (nSPS) is 11.4. The molecule has 0 atom stereocenters. The largest absolute Gasteiger partial charge is 0.452 e. The number of likely N-dealkylation sites (N-methyl/N-ethyl adjacent to an activating group) is 1. The van der Waals surface area contributed by atoms with Crippen molar-refractivity contribution in [3.8, 4) is 0 Å². The van der Waals surface area contributed by atoms with Crippen LogP contribution in [0.3, 0.4) is 0 Å². The number of hydrogen-bond donors (Lipinski definition) is 0. The van der Waals surface area contributed by atoms with Crippen LogP contribution in [-0.4, -0.2) is 56.2 Å². The van der Waals surface area contributed by atoms with Crippen molar-refractivity contribution in [2.75, 3.05) is 26.7 Å². The minimum atomic E-state index is -3.72. The first-order chi connectivity index (χ1) is 14.2. The van der Waals surface area contributed by atoms with Crippen molar-refractivity contribution in [3.63, 3.8) is 0 Å². The maximum atomic E-state index is 13.0. The summed E-state index contributed by atoms with van der Waals surface area (Å²) in [6, 6.07) is 11.3. The Morgan fingerprint density at radius 3 is 2.27 bits per heavy atom. The summed E-state index contributed by atoms with van der Waals surface area (Å²) in [6.07, 6.45) is 0. The minimum Gasteiger partial charge on any atom is -0.452 e. The van der Waals surface area contributed by atoms with Gasteiger partial charge in [0.05, 0.1) is 10.5 Å². The molecule has 0 aliphatic rings. The van der Waals surface area contributed by atoms with Crippen LogP contribution in [0.25, 0.3) is 0 Å². The fraction of sp³-hybridized carbons (Fsp3) is 0.333. The molecule has 0 fully saturated rings. The minimum absolute atomic E-state index is 0.0135. The number of hydrogen-bond acceptors (Lipinski definition) is 5. The lowest BCUT2D eigenvalue weighted by Crippen LogP contribution is -2.31. The highest BCUT2D eigenvalue weighted by molar-refractivity contribution is 7.89. The van der Waals surface area contributed by atoms with Gasteiger partial charge in [0.1, 0.15) is 5.82 Å². The zero-order chi connectivity index (χ0) is 22.3. The van der Waals surface area contributed by atoms with Crippen molar-refractivity contribution in [3.05, 3.63) is 65.5 Å². The van der Waals surface area contributed by atoms with Gasteiger partial charge in [0.2, 0.25) is 10.0 Å². The van der Waals surface area contributed by atoms with Crippen molar-refractivity contribution in [2.45, 2.75) is 25.3 Å². The number of rotatable bonds is 9. The third-order valence-corrected chi connectivity index (χ3v) is 6.54. The Morgan fingerprint density at radius 2 is 1.67 bits per heavy atom. The number of sulfonamides is 1. The molecular weight excluding hydrogens is 411 g/mol. The highest BCUT2D eigenvalue weighted by atomic mass is 32.2. The molecule has 0 aromatic heterocycles. The molecule has 0 bridgehead atoms. The zero-order valence-electron chi connectivity index (χ0n) is 17.2. The Morgan fingerprint density at radius 1 is 1.03 bits per heavy atom. The van der Waals surface area contributed by atoms with Crippen LogP contribution in [0.1, 0.15) is 29.8 Å². The summed E-state index contributed by atoms with van der Waals surface area (Å²) in [5, 5.41) is 0. The summed E-state index contributed by atoms with van der Waals surface area (Å²) < 4.78 is 44.5. The van der Waals surface area contributed by atoms with E-state index in [1.807, 2.05) is 0 Å². The number of halogens is 1. The molecule has 30 heavy (non-hydrogen) atoms. The van der Waals surface area contributed by atoms with E-state index in [1.54, 1.807) is 26.0 Å². The lowest BCUT2D eigenvalue weighted by Gasteiger charge is -2.19. The molecule has 2 aromatic carbocycles. The molecule has 0 aliphatic heterocycles. The molecule has 9 heteroatoms. The van der Waals surface area contributed by atoms with Crippen molar-refractivity contribution >= 4 is 21.9 Å². The number of amides is 1. The van der Waals surface area contributed by atoms with Gasteiger partial charge in [0, 0.05) is 26.7 Å². The Labute approximate surface area is 176 Å². The van der Waals surface area contributed by atoms with E-state index in [2.05, 4.69) is 0 Å². The molecule has 0 saturated carbocycles. The van der Waals surface area contributed by atoms with E-state index in [0.717, 1.165) is 5.56 Å². The Kier molecular flexibility index (Phi) is 8.08. The maximum Gasteiger partial charge on any atom is 0.338 e. The second-order valence-corrected chi connectivity index (χ2v) is 8.51. The van der Waals surface area contributed by atoms with Crippen LogP contribution < -0.4 is 0 Å². The highest BCUT2D eigenvalue weighted by Crippen LogP contribution is 2.17. The molecule has 162 valence electrons. The van der Waals surface area contributed by atoms with Crippen LogP contribution in [0.4, 0.5) is 4.39 Å². The quantitative estimate of drug-likeness (QED) is 0.565. The summed E-state index contributed by atoms with van der Waals surface area (Å²) in [5.74, 6) is -1.61.